The number of ketones is 1. The number of hydrogen-bond donors (Lipinski definition) is 0. The van der Waals surface area contributed by atoms with Crippen LogP contribution in [0.5, 0.6) is 0 Å². The molecule has 0 heterocycles. The Morgan fingerprint density at radius 3 is 2.40 bits per heavy atom. The molecular formula is C16H21BrO3. The normalized spacial score (nSPS) is 43.0. The molecule has 0 spiro atoms. The molecule has 3 rings (SSSR count). The maximum atomic E-state index is 12.4. The lowest BCUT2D eigenvalue weighted by atomic mass is 9.51. The van der Waals surface area contributed by atoms with Gasteiger partial charge in [-0.25, -0.2) is 0 Å². The highest BCUT2D eigenvalue weighted by atomic mass is 79.9. The molecule has 110 valence electrons. The fourth-order valence-electron chi connectivity index (χ4n) is 4.45. The van der Waals surface area contributed by atoms with Crippen molar-refractivity contribution < 1.29 is 14.3 Å². The molecule has 0 aliphatic heterocycles. The number of halogens is 1. The zero-order chi connectivity index (χ0) is 14.3. The van der Waals surface area contributed by atoms with E-state index in [4.69, 9.17) is 4.74 Å². The highest BCUT2D eigenvalue weighted by Crippen LogP contribution is 2.57. The summed E-state index contributed by atoms with van der Waals surface area (Å²) in [4.78, 5) is 24.3. The molecule has 4 bridgehead atoms. The Bertz CT molecular complexity index is 429. The Hall–Kier alpha value is -0.640. The van der Waals surface area contributed by atoms with Crippen LogP contribution < -0.4 is 0 Å². The summed E-state index contributed by atoms with van der Waals surface area (Å²) < 4.78 is 5.12. The van der Waals surface area contributed by atoms with E-state index in [0.29, 0.717) is 36.7 Å². The van der Waals surface area contributed by atoms with Gasteiger partial charge < -0.3 is 4.74 Å². The Morgan fingerprint density at radius 2 is 1.80 bits per heavy atom. The Morgan fingerprint density at radius 1 is 1.20 bits per heavy atom. The van der Waals surface area contributed by atoms with Gasteiger partial charge in [-0.1, -0.05) is 28.1 Å². The van der Waals surface area contributed by atoms with Crippen molar-refractivity contribution >= 4 is 27.7 Å². The smallest absolute Gasteiger partial charge is 0.316 e. The lowest BCUT2D eigenvalue weighted by Gasteiger charge is -2.54. The van der Waals surface area contributed by atoms with Crippen LogP contribution in [0.15, 0.2) is 12.2 Å². The van der Waals surface area contributed by atoms with Gasteiger partial charge in [0, 0.05) is 0 Å². The van der Waals surface area contributed by atoms with Gasteiger partial charge in [0.25, 0.3) is 0 Å². The third-order valence-corrected chi connectivity index (χ3v) is 6.22. The van der Waals surface area contributed by atoms with Gasteiger partial charge in [0.15, 0.2) is 5.78 Å². The van der Waals surface area contributed by atoms with E-state index in [1.54, 1.807) is 6.92 Å². The zero-order valence-corrected chi connectivity index (χ0v) is 13.3. The summed E-state index contributed by atoms with van der Waals surface area (Å²) >= 11 is 3.52. The molecule has 4 heteroatoms. The number of ether oxygens (including phenoxy) is 1. The molecule has 3 aliphatic carbocycles. The van der Waals surface area contributed by atoms with Crippen molar-refractivity contribution in [3.63, 3.8) is 0 Å². The minimum Gasteiger partial charge on any atom is -0.465 e. The van der Waals surface area contributed by atoms with Crippen LogP contribution in [0.4, 0.5) is 0 Å². The fourth-order valence-corrected chi connectivity index (χ4v) is 5.20. The van der Waals surface area contributed by atoms with E-state index in [0.717, 1.165) is 19.3 Å². The summed E-state index contributed by atoms with van der Waals surface area (Å²) in [5, 5.41) is 0. The molecule has 3 aliphatic rings. The molecule has 0 saturated heterocycles. The number of fused-ring (bicyclic) bond motifs is 1. The van der Waals surface area contributed by atoms with E-state index in [-0.39, 0.29) is 16.6 Å². The van der Waals surface area contributed by atoms with E-state index in [1.165, 1.54) is 0 Å². The van der Waals surface area contributed by atoms with Crippen LogP contribution in [0.3, 0.4) is 0 Å². The number of alkyl halides is 1. The number of carbonyl (C=O) groups is 2. The van der Waals surface area contributed by atoms with Crippen LogP contribution in [0, 0.1) is 29.6 Å². The second kappa shape index (κ2) is 5.63. The Balaban J connectivity index is 1.82. The quantitative estimate of drug-likeness (QED) is 0.335. The van der Waals surface area contributed by atoms with Crippen molar-refractivity contribution in [2.45, 2.75) is 37.4 Å². The summed E-state index contributed by atoms with van der Waals surface area (Å²) in [5.41, 5.74) is 0. The van der Waals surface area contributed by atoms with E-state index in [9.17, 15) is 9.59 Å². The van der Waals surface area contributed by atoms with Gasteiger partial charge in [-0.15, -0.1) is 0 Å². The molecule has 0 amide bonds. The number of allylic oxidation sites excluding steroid dienone is 2. The molecule has 0 unspecified atom stereocenters. The minimum absolute atomic E-state index is 0.0301. The molecule has 2 fully saturated rings. The maximum Gasteiger partial charge on any atom is 0.316 e. The van der Waals surface area contributed by atoms with Crippen LogP contribution in [-0.2, 0) is 14.3 Å². The van der Waals surface area contributed by atoms with Crippen molar-refractivity contribution in [1.82, 2.24) is 0 Å². The first kappa shape index (κ1) is 14.3. The first-order chi connectivity index (χ1) is 9.63. The summed E-state index contributed by atoms with van der Waals surface area (Å²) in [6, 6.07) is 0. The molecule has 0 aromatic carbocycles. The van der Waals surface area contributed by atoms with Crippen LogP contribution in [0.1, 0.15) is 32.6 Å². The van der Waals surface area contributed by atoms with E-state index < -0.39 is 5.92 Å². The van der Waals surface area contributed by atoms with Crippen LogP contribution in [0.2, 0.25) is 0 Å². The third-order valence-electron chi connectivity index (χ3n) is 5.39. The molecule has 3 nitrogen and oxygen atoms in total. The Kier molecular flexibility index (Phi) is 4.02. The molecule has 2 saturated carbocycles. The number of carbonyl (C=O) groups excluding carboxylic acids is 2. The predicted molar refractivity (Wildman–Crippen MR) is 79.4 cm³/mol. The van der Waals surface area contributed by atoms with Gasteiger partial charge in [-0.05, 0) is 56.3 Å². The van der Waals surface area contributed by atoms with Gasteiger partial charge in [0.05, 0.1) is 11.4 Å². The van der Waals surface area contributed by atoms with Gasteiger partial charge in [0.2, 0.25) is 0 Å². The van der Waals surface area contributed by atoms with Crippen molar-refractivity contribution in [3.8, 4) is 0 Å². The lowest BCUT2D eigenvalue weighted by Crippen LogP contribution is -2.52. The van der Waals surface area contributed by atoms with E-state index in [1.807, 2.05) is 0 Å². The summed E-state index contributed by atoms with van der Waals surface area (Å²) in [6.45, 7) is 2.14. The van der Waals surface area contributed by atoms with Crippen molar-refractivity contribution in [2.75, 3.05) is 6.61 Å². The monoisotopic (exact) mass is 340 g/mol. The lowest BCUT2D eigenvalue weighted by molar-refractivity contribution is -0.156. The van der Waals surface area contributed by atoms with Crippen molar-refractivity contribution in [2.24, 2.45) is 29.6 Å². The zero-order valence-electron chi connectivity index (χ0n) is 11.8. The van der Waals surface area contributed by atoms with Crippen molar-refractivity contribution in [1.29, 1.82) is 0 Å². The van der Waals surface area contributed by atoms with Gasteiger partial charge >= 0.3 is 5.97 Å². The fraction of sp³-hybridized carbons (Fsp3) is 0.750. The number of rotatable bonds is 2. The topological polar surface area (TPSA) is 43.4 Å². The maximum absolute atomic E-state index is 12.4. The molecule has 0 radical (unpaired) electrons. The SMILES string of the molecule is CCOC(=O)[C@@H]1CC2[C@H]3CC=CC[C@H]2C3C[C@@H](Br)C1=O. The molecule has 4 atom stereocenters. The summed E-state index contributed by atoms with van der Waals surface area (Å²) in [6.07, 6.45) is 8.34. The highest BCUT2D eigenvalue weighted by molar-refractivity contribution is 9.10. The molecule has 20 heavy (non-hydrogen) atoms. The molecule has 0 aromatic heterocycles. The first-order valence-corrected chi connectivity index (χ1v) is 8.54. The van der Waals surface area contributed by atoms with Crippen LogP contribution in [0.25, 0.3) is 0 Å². The van der Waals surface area contributed by atoms with Crippen LogP contribution >= 0.6 is 15.9 Å². The molecular weight excluding hydrogens is 320 g/mol. The minimum atomic E-state index is -0.561. The molecule has 0 aromatic rings. The average Bonchev–Trinajstić information content (AvgIpc) is 2.74. The highest BCUT2D eigenvalue weighted by Gasteiger charge is 2.54. The largest absolute Gasteiger partial charge is 0.465 e. The number of Topliss-reactive ketones (excluding diaryl/α,β-unsaturated/α-hetero) is 1. The predicted octanol–water partition coefficient (Wildman–Crippen LogP) is 3.12. The van der Waals surface area contributed by atoms with E-state index in [2.05, 4.69) is 28.1 Å². The van der Waals surface area contributed by atoms with Gasteiger partial charge in [0.1, 0.15) is 5.92 Å². The average molecular weight is 341 g/mol. The Labute approximate surface area is 128 Å². The molecule has 0 N–H and O–H groups in total. The second-order valence-corrected chi connectivity index (χ2v) is 7.35. The van der Waals surface area contributed by atoms with Gasteiger partial charge in [-0.3, -0.25) is 9.59 Å². The number of hydrogen-bond acceptors (Lipinski definition) is 3. The second-order valence-electron chi connectivity index (χ2n) is 6.24. The number of esters is 1. The first-order valence-electron chi connectivity index (χ1n) is 7.63. The third kappa shape index (κ3) is 2.26. The van der Waals surface area contributed by atoms with E-state index >= 15 is 0 Å². The summed E-state index contributed by atoms with van der Waals surface area (Å²) in [5.74, 6) is 1.63. The van der Waals surface area contributed by atoms with Gasteiger partial charge in [-0.2, -0.15) is 0 Å². The van der Waals surface area contributed by atoms with Crippen LogP contribution in [-0.4, -0.2) is 23.2 Å². The summed E-state index contributed by atoms with van der Waals surface area (Å²) in [7, 11) is 0. The standard InChI is InChI=1S/C16H21BrO3/c1-2-20-16(19)13-7-11-9-5-3-4-6-10(11)12(9)8-14(17)15(13)18/h3-4,9-14H,2,5-8H2,1H3/t9-,10-,11?,12?,13-,14-/m1/s1. The van der Waals surface area contributed by atoms with Crippen molar-refractivity contribution in [3.05, 3.63) is 12.2 Å².